The maximum Gasteiger partial charge on any atom is 0.180 e. The number of carbonyl (C=O) groups excluding carboxylic acids is 1. The minimum Gasteiger partial charge on any atom is -0.311 e. The molecule has 0 aliphatic carbocycles. The van der Waals surface area contributed by atoms with Crippen molar-refractivity contribution in [2.45, 2.75) is 19.8 Å². The van der Waals surface area contributed by atoms with Gasteiger partial charge in [0.05, 0.1) is 34.8 Å². The predicted octanol–water partition coefficient (Wildman–Crippen LogP) is 4.42. The largest absolute Gasteiger partial charge is 0.311 e. The zero-order valence-corrected chi connectivity index (χ0v) is 20.4. The summed E-state index contributed by atoms with van der Waals surface area (Å²) in [4.78, 5) is 22.6. The summed E-state index contributed by atoms with van der Waals surface area (Å²) in [6, 6.07) is 11.6. The monoisotopic (exact) mass is 493 g/mol. The van der Waals surface area contributed by atoms with Gasteiger partial charge in [0.25, 0.3) is 0 Å². The number of hydrogen-bond acceptors (Lipinski definition) is 5. The van der Waals surface area contributed by atoms with Gasteiger partial charge in [0.1, 0.15) is 0 Å². The molecule has 0 N–H and O–H groups in total. The van der Waals surface area contributed by atoms with E-state index in [4.69, 9.17) is 5.26 Å². The van der Waals surface area contributed by atoms with Crippen LogP contribution in [0, 0.1) is 24.2 Å². The molecule has 6 nitrogen and oxygen atoms in total. The van der Waals surface area contributed by atoms with E-state index in [0.717, 1.165) is 59.4 Å². The molecule has 0 radical (unpaired) electrons. The molecule has 3 heterocycles. The van der Waals surface area contributed by atoms with Gasteiger partial charge in [-0.1, -0.05) is 0 Å². The molecule has 1 saturated heterocycles. The van der Waals surface area contributed by atoms with Crippen LogP contribution in [-0.2, 0) is 0 Å². The number of piperidine rings is 1. The summed E-state index contributed by atoms with van der Waals surface area (Å²) in [5, 5.41) is 9.13. The first-order valence-electron chi connectivity index (χ1n) is 10.9. The highest BCUT2D eigenvalue weighted by Gasteiger charge is 2.26. The third kappa shape index (κ3) is 4.63. The number of benzene rings is 1. The molecule has 1 aliphatic rings. The standard InChI is InChI=1S/C25H28BrN5O/c1-17-24(23(32)16-30-10-8-19(9-11-30)15-29(2)3)25-22(12-20(26)14-28-25)31(17)21-6-4-18(13-27)5-7-21/h4-7,12,14,19H,8-11,15-16H2,1-3H3. The van der Waals surface area contributed by atoms with Gasteiger partial charge in [0.2, 0.25) is 0 Å². The second kappa shape index (κ2) is 9.53. The molecule has 0 bridgehead atoms. The Morgan fingerprint density at radius 3 is 2.56 bits per heavy atom. The van der Waals surface area contributed by atoms with Gasteiger partial charge >= 0.3 is 0 Å². The van der Waals surface area contributed by atoms with Crippen LogP contribution < -0.4 is 0 Å². The van der Waals surface area contributed by atoms with Gasteiger partial charge in [-0.05, 0) is 99.1 Å². The van der Waals surface area contributed by atoms with Crippen molar-refractivity contribution in [3.05, 3.63) is 57.8 Å². The number of halogens is 1. The highest BCUT2D eigenvalue weighted by Crippen LogP contribution is 2.30. The molecule has 2 aromatic heterocycles. The third-order valence-electron chi connectivity index (χ3n) is 6.24. The number of carbonyl (C=O) groups is 1. The van der Waals surface area contributed by atoms with Crippen molar-refractivity contribution in [1.29, 1.82) is 5.26 Å². The first-order valence-corrected chi connectivity index (χ1v) is 11.7. The van der Waals surface area contributed by atoms with E-state index >= 15 is 0 Å². The number of fused-ring (bicyclic) bond motifs is 1. The SMILES string of the molecule is Cc1c(C(=O)CN2CCC(CN(C)C)CC2)c2ncc(Br)cc2n1-c1ccc(C#N)cc1. The highest BCUT2D eigenvalue weighted by atomic mass is 79.9. The quantitative estimate of drug-likeness (QED) is 0.475. The van der Waals surface area contributed by atoms with Crippen molar-refractivity contribution in [1.82, 2.24) is 19.4 Å². The van der Waals surface area contributed by atoms with Gasteiger partial charge < -0.3 is 9.47 Å². The summed E-state index contributed by atoms with van der Waals surface area (Å²) in [7, 11) is 4.24. The predicted molar refractivity (Wildman–Crippen MR) is 130 cm³/mol. The molecule has 1 fully saturated rings. The number of rotatable bonds is 6. The molecule has 32 heavy (non-hydrogen) atoms. The maximum absolute atomic E-state index is 13.5. The van der Waals surface area contributed by atoms with Gasteiger partial charge in [-0.2, -0.15) is 5.26 Å². The zero-order valence-electron chi connectivity index (χ0n) is 18.8. The average molecular weight is 494 g/mol. The van der Waals surface area contributed by atoms with E-state index < -0.39 is 0 Å². The van der Waals surface area contributed by atoms with Crippen LogP contribution >= 0.6 is 15.9 Å². The normalized spacial score (nSPS) is 15.4. The van der Waals surface area contributed by atoms with E-state index in [2.05, 4.69) is 55.4 Å². The van der Waals surface area contributed by atoms with Gasteiger partial charge in [0.15, 0.2) is 5.78 Å². The Bertz CT molecular complexity index is 1170. The summed E-state index contributed by atoms with van der Waals surface area (Å²) in [5.74, 6) is 0.816. The molecule has 0 unspecified atom stereocenters. The number of ketones is 1. The Labute approximate surface area is 197 Å². The lowest BCUT2D eigenvalue weighted by Gasteiger charge is -2.32. The topological polar surface area (TPSA) is 65.2 Å². The first kappa shape index (κ1) is 22.7. The van der Waals surface area contributed by atoms with Crippen LogP contribution in [-0.4, -0.2) is 65.4 Å². The van der Waals surface area contributed by atoms with Crippen LogP contribution in [0.3, 0.4) is 0 Å². The number of nitriles is 1. The molecule has 7 heteroatoms. The summed E-state index contributed by atoms with van der Waals surface area (Å²) < 4.78 is 2.92. The molecule has 1 aromatic carbocycles. The Kier molecular flexibility index (Phi) is 6.75. The van der Waals surface area contributed by atoms with Crippen molar-refractivity contribution >= 4 is 32.7 Å². The van der Waals surface area contributed by atoms with Crippen LogP contribution in [0.15, 0.2) is 41.0 Å². The summed E-state index contributed by atoms with van der Waals surface area (Å²) in [6.07, 6.45) is 4.00. The summed E-state index contributed by atoms with van der Waals surface area (Å²) in [6.45, 7) is 5.41. The van der Waals surface area contributed by atoms with E-state index in [-0.39, 0.29) is 5.78 Å². The summed E-state index contributed by atoms with van der Waals surface area (Å²) in [5.41, 5.74) is 4.69. The van der Waals surface area contributed by atoms with Crippen molar-refractivity contribution in [3.8, 4) is 11.8 Å². The lowest BCUT2D eigenvalue weighted by molar-refractivity contribution is 0.0886. The van der Waals surface area contributed by atoms with Gasteiger partial charge in [-0.3, -0.25) is 14.7 Å². The minimum atomic E-state index is 0.112. The van der Waals surface area contributed by atoms with E-state index in [9.17, 15) is 4.79 Å². The smallest absolute Gasteiger partial charge is 0.180 e. The van der Waals surface area contributed by atoms with Crippen LogP contribution in [0.25, 0.3) is 16.7 Å². The van der Waals surface area contributed by atoms with E-state index in [0.29, 0.717) is 23.6 Å². The number of aromatic nitrogens is 2. The molecule has 3 aromatic rings. The molecule has 0 amide bonds. The molecular formula is C25H28BrN5O. The lowest BCUT2D eigenvalue weighted by atomic mass is 9.96. The fraction of sp³-hybridized carbons (Fsp3) is 0.400. The van der Waals surface area contributed by atoms with Gasteiger partial charge in [-0.25, -0.2) is 0 Å². The van der Waals surface area contributed by atoms with Crippen LogP contribution in [0.1, 0.15) is 34.5 Å². The molecule has 166 valence electrons. The molecule has 0 saturated carbocycles. The van der Waals surface area contributed by atoms with Crippen molar-refractivity contribution < 1.29 is 4.79 Å². The van der Waals surface area contributed by atoms with Crippen molar-refractivity contribution in [3.63, 3.8) is 0 Å². The second-order valence-electron chi connectivity index (χ2n) is 8.88. The fourth-order valence-electron chi connectivity index (χ4n) is 4.73. The number of Topliss-reactive ketones (excluding diaryl/α,β-unsaturated/α-hetero) is 1. The van der Waals surface area contributed by atoms with E-state index in [1.807, 2.05) is 25.1 Å². The van der Waals surface area contributed by atoms with Crippen LogP contribution in [0.2, 0.25) is 0 Å². The molecule has 0 atom stereocenters. The first-order chi connectivity index (χ1) is 15.4. The number of likely N-dealkylation sites (tertiary alicyclic amines) is 1. The lowest BCUT2D eigenvalue weighted by Crippen LogP contribution is -2.39. The second-order valence-corrected chi connectivity index (χ2v) is 9.80. The molecule has 1 aliphatic heterocycles. The zero-order chi connectivity index (χ0) is 22.8. The third-order valence-corrected chi connectivity index (χ3v) is 6.67. The van der Waals surface area contributed by atoms with Crippen molar-refractivity contribution in [2.75, 3.05) is 40.3 Å². The molecule has 0 spiro atoms. The number of nitrogens with zero attached hydrogens (tertiary/aromatic N) is 5. The fourth-order valence-corrected chi connectivity index (χ4v) is 5.05. The molecular weight excluding hydrogens is 466 g/mol. The Morgan fingerprint density at radius 1 is 1.25 bits per heavy atom. The Morgan fingerprint density at radius 2 is 1.94 bits per heavy atom. The van der Waals surface area contributed by atoms with Gasteiger partial charge in [0, 0.05) is 28.6 Å². The van der Waals surface area contributed by atoms with Crippen LogP contribution in [0.5, 0.6) is 0 Å². The van der Waals surface area contributed by atoms with Crippen molar-refractivity contribution in [2.24, 2.45) is 5.92 Å². The van der Waals surface area contributed by atoms with E-state index in [1.54, 1.807) is 18.3 Å². The van der Waals surface area contributed by atoms with Gasteiger partial charge in [-0.15, -0.1) is 0 Å². The van der Waals surface area contributed by atoms with E-state index in [1.165, 1.54) is 0 Å². The number of pyridine rings is 1. The summed E-state index contributed by atoms with van der Waals surface area (Å²) >= 11 is 3.52. The Hall–Kier alpha value is -2.53. The van der Waals surface area contributed by atoms with Crippen LogP contribution in [0.4, 0.5) is 0 Å². The molecule has 4 rings (SSSR count). The maximum atomic E-state index is 13.5. The Balaban J connectivity index is 1.63. The highest BCUT2D eigenvalue weighted by molar-refractivity contribution is 9.10. The average Bonchev–Trinajstić information content (AvgIpc) is 3.05. The minimum absolute atomic E-state index is 0.112. The number of hydrogen-bond donors (Lipinski definition) is 0.